The van der Waals surface area contributed by atoms with Crippen LogP contribution < -0.4 is 10.6 Å². The molecule has 3 heterocycles. The molecule has 208 valence electrons. The van der Waals surface area contributed by atoms with Crippen molar-refractivity contribution in [3.63, 3.8) is 0 Å². The number of nitrogens with zero attached hydrogens (tertiary/aromatic N) is 2. The Morgan fingerprint density at radius 3 is 2.63 bits per heavy atom. The molecule has 9 nitrogen and oxygen atoms in total. The number of pyridine rings is 1. The first-order valence-corrected chi connectivity index (χ1v) is 16.6. The van der Waals surface area contributed by atoms with Crippen molar-refractivity contribution in [2.24, 2.45) is 11.8 Å². The Morgan fingerprint density at radius 1 is 1.18 bits per heavy atom. The molecule has 2 aliphatic heterocycles. The van der Waals surface area contributed by atoms with Crippen molar-refractivity contribution < 1.29 is 21.6 Å². The van der Waals surface area contributed by atoms with Gasteiger partial charge in [-0.15, -0.1) is 0 Å². The molecule has 1 amide bonds. The van der Waals surface area contributed by atoms with Gasteiger partial charge in [0.25, 0.3) is 0 Å². The lowest BCUT2D eigenvalue weighted by molar-refractivity contribution is -0.120. The van der Waals surface area contributed by atoms with Gasteiger partial charge in [-0.3, -0.25) is 4.79 Å². The van der Waals surface area contributed by atoms with Crippen LogP contribution in [0.1, 0.15) is 39.5 Å². The van der Waals surface area contributed by atoms with Crippen molar-refractivity contribution in [1.82, 2.24) is 9.29 Å². The normalized spacial score (nSPS) is 20.8. The van der Waals surface area contributed by atoms with E-state index in [0.29, 0.717) is 61.1 Å². The number of anilines is 2. The molecule has 0 aliphatic carbocycles. The number of carbonyl (C=O) groups is 1. The van der Waals surface area contributed by atoms with Gasteiger partial charge in [-0.1, -0.05) is 23.7 Å². The summed E-state index contributed by atoms with van der Waals surface area (Å²) in [4.78, 5) is 17.3. The van der Waals surface area contributed by atoms with E-state index < -0.39 is 31.0 Å². The predicted octanol–water partition coefficient (Wildman–Crippen LogP) is 4.03. The Bertz CT molecular complexity index is 1370. The van der Waals surface area contributed by atoms with E-state index in [9.17, 15) is 21.6 Å². The third kappa shape index (κ3) is 7.05. The topological polar surface area (TPSA) is 126 Å². The highest BCUT2D eigenvalue weighted by Gasteiger charge is 2.34. The van der Waals surface area contributed by atoms with Crippen LogP contribution in [-0.4, -0.2) is 68.4 Å². The average Bonchev–Trinajstić information content (AvgIpc) is 2.89. The molecule has 1 aromatic carbocycles. The summed E-state index contributed by atoms with van der Waals surface area (Å²) in [6, 6.07) is 9.45. The molecule has 0 saturated carbocycles. The van der Waals surface area contributed by atoms with Crippen molar-refractivity contribution in [2.75, 3.05) is 41.8 Å². The molecule has 2 aromatic rings. The monoisotopic (exact) mass is 582 g/mol. The summed E-state index contributed by atoms with van der Waals surface area (Å²) >= 11 is 6.47. The van der Waals surface area contributed by atoms with E-state index in [2.05, 4.69) is 15.6 Å². The van der Waals surface area contributed by atoms with Crippen LogP contribution >= 0.6 is 11.6 Å². The number of benzene rings is 1. The number of sulfonamides is 1. The molecule has 2 aliphatic rings. The van der Waals surface area contributed by atoms with Crippen LogP contribution in [0.25, 0.3) is 11.1 Å². The molecular weight excluding hydrogens is 548 g/mol. The van der Waals surface area contributed by atoms with Gasteiger partial charge in [-0.05, 0) is 69.2 Å². The van der Waals surface area contributed by atoms with E-state index in [4.69, 9.17) is 11.6 Å². The summed E-state index contributed by atoms with van der Waals surface area (Å²) < 4.78 is 49.9. The zero-order valence-corrected chi connectivity index (χ0v) is 24.1. The molecule has 0 bridgehead atoms. The number of sulfone groups is 1. The molecule has 1 aromatic heterocycles. The highest BCUT2D eigenvalue weighted by atomic mass is 35.5. The van der Waals surface area contributed by atoms with Crippen molar-refractivity contribution in [3.8, 4) is 11.1 Å². The van der Waals surface area contributed by atoms with E-state index in [1.54, 1.807) is 19.9 Å². The molecule has 1 atom stereocenters. The molecule has 0 spiro atoms. The molecule has 0 unspecified atom stereocenters. The zero-order valence-electron chi connectivity index (χ0n) is 21.7. The first kappa shape index (κ1) is 28.8. The minimum Gasteiger partial charge on any atom is -0.385 e. The first-order valence-electron chi connectivity index (χ1n) is 12.9. The van der Waals surface area contributed by atoms with Gasteiger partial charge in [0.15, 0.2) is 0 Å². The van der Waals surface area contributed by atoms with E-state index >= 15 is 0 Å². The van der Waals surface area contributed by atoms with E-state index in [0.717, 1.165) is 11.3 Å². The maximum atomic E-state index is 13.0. The Labute approximate surface area is 230 Å². The maximum absolute atomic E-state index is 13.0. The van der Waals surface area contributed by atoms with E-state index in [1.807, 2.05) is 24.3 Å². The lowest BCUT2D eigenvalue weighted by Crippen LogP contribution is -2.46. The number of rotatable bonds is 8. The van der Waals surface area contributed by atoms with Gasteiger partial charge in [0.2, 0.25) is 15.9 Å². The van der Waals surface area contributed by atoms with Crippen molar-refractivity contribution >= 4 is 48.9 Å². The standard InChI is InChI=1S/C26H35ClN4O5S2/c1-18(2)38(35,36)31-10-4-6-21(17-31)26(32)30-25-14-23(24(27)16-29-25)20-5-3-7-22(13-20)28-15-19-8-11-37(33,34)12-9-19/h3,5,7,13-14,16,18-19,21,28H,4,6,8-12,15,17H2,1-2H3,(H,29,30,32)/t21-/m1/s1. The van der Waals surface area contributed by atoms with Crippen molar-refractivity contribution in [2.45, 2.75) is 44.8 Å². The molecule has 38 heavy (non-hydrogen) atoms. The number of piperidine rings is 1. The van der Waals surface area contributed by atoms with Crippen LogP contribution in [-0.2, 0) is 24.7 Å². The summed E-state index contributed by atoms with van der Waals surface area (Å²) in [5.41, 5.74) is 2.44. The molecule has 4 rings (SSSR count). The van der Waals surface area contributed by atoms with E-state index in [-0.39, 0.29) is 24.0 Å². The molecule has 12 heteroatoms. The summed E-state index contributed by atoms with van der Waals surface area (Å²) in [7, 11) is -6.31. The fraction of sp³-hybridized carbons (Fsp3) is 0.538. The fourth-order valence-electron chi connectivity index (χ4n) is 4.84. The van der Waals surface area contributed by atoms with Crippen LogP contribution in [0.2, 0.25) is 5.02 Å². The number of nitrogens with one attached hydrogen (secondary N) is 2. The summed E-state index contributed by atoms with van der Waals surface area (Å²) in [6.07, 6.45) is 4.05. The summed E-state index contributed by atoms with van der Waals surface area (Å²) in [5.74, 6) is 0.416. The number of halogens is 1. The Kier molecular flexibility index (Phi) is 9.01. The predicted molar refractivity (Wildman–Crippen MR) is 152 cm³/mol. The number of amides is 1. The van der Waals surface area contributed by atoms with Gasteiger partial charge in [0.1, 0.15) is 15.7 Å². The largest absolute Gasteiger partial charge is 0.385 e. The minimum atomic E-state index is -3.42. The van der Waals surface area contributed by atoms with E-state index in [1.165, 1.54) is 10.5 Å². The van der Waals surface area contributed by atoms with Gasteiger partial charge in [0.05, 0.1) is 27.7 Å². The average molecular weight is 583 g/mol. The van der Waals surface area contributed by atoms with Gasteiger partial charge in [-0.25, -0.2) is 26.1 Å². The van der Waals surface area contributed by atoms with Crippen LogP contribution in [0, 0.1) is 11.8 Å². The quantitative estimate of drug-likeness (QED) is 0.481. The van der Waals surface area contributed by atoms with Gasteiger partial charge >= 0.3 is 0 Å². The zero-order chi connectivity index (χ0) is 27.5. The van der Waals surface area contributed by atoms with Gasteiger partial charge in [0, 0.05) is 37.1 Å². The minimum absolute atomic E-state index is 0.160. The maximum Gasteiger partial charge on any atom is 0.229 e. The van der Waals surface area contributed by atoms with Crippen LogP contribution in [0.5, 0.6) is 0 Å². The van der Waals surface area contributed by atoms with Gasteiger partial charge < -0.3 is 10.6 Å². The second-order valence-corrected chi connectivity index (χ2v) is 15.6. The van der Waals surface area contributed by atoms with Crippen LogP contribution in [0.3, 0.4) is 0 Å². The summed E-state index contributed by atoms with van der Waals surface area (Å²) in [5, 5.41) is 6.15. The molecule has 2 saturated heterocycles. The second-order valence-electron chi connectivity index (χ2n) is 10.4. The van der Waals surface area contributed by atoms with Crippen molar-refractivity contribution in [3.05, 3.63) is 41.6 Å². The smallest absolute Gasteiger partial charge is 0.229 e. The lowest BCUT2D eigenvalue weighted by Gasteiger charge is -2.32. The number of carbonyl (C=O) groups excluding carboxylic acids is 1. The Hall–Kier alpha value is -2.21. The number of hydrogen-bond donors (Lipinski definition) is 2. The third-order valence-electron chi connectivity index (χ3n) is 7.26. The molecule has 2 N–H and O–H groups in total. The van der Waals surface area contributed by atoms with Crippen molar-refractivity contribution in [1.29, 1.82) is 0 Å². The Balaban J connectivity index is 1.42. The highest BCUT2D eigenvalue weighted by molar-refractivity contribution is 7.91. The number of aromatic nitrogens is 1. The lowest BCUT2D eigenvalue weighted by atomic mass is 9.99. The Morgan fingerprint density at radius 2 is 1.92 bits per heavy atom. The summed E-state index contributed by atoms with van der Waals surface area (Å²) in [6.45, 7) is 4.57. The van der Waals surface area contributed by atoms with Crippen LogP contribution in [0.4, 0.5) is 11.5 Å². The number of hydrogen-bond acceptors (Lipinski definition) is 7. The highest BCUT2D eigenvalue weighted by Crippen LogP contribution is 2.32. The second kappa shape index (κ2) is 11.9. The first-order chi connectivity index (χ1) is 17.9. The third-order valence-corrected chi connectivity index (χ3v) is 11.5. The van der Waals surface area contributed by atoms with Gasteiger partial charge in [-0.2, -0.15) is 0 Å². The molecule has 0 radical (unpaired) electrons. The van der Waals surface area contributed by atoms with Crippen LogP contribution in [0.15, 0.2) is 36.5 Å². The molecular formula is C26H35ClN4O5S2. The molecule has 2 fully saturated rings. The SMILES string of the molecule is CC(C)S(=O)(=O)N1CCC[C@@H](C(=O)Nc2cc(-c3cccc(NCC4CCS(=O)(=O)CC4)c3)c(Cl)cn2)C1. The fourth-order valence-corrected chi connectivity index (χ4v) is 8.01.